The molecule has 0 radical (unpaired) electrons. The topological polar surface area (TPSA) is 91.3 Å². The molecular formula is C33H41F2N5O4. The molecule has 4 heterocycles. The summed E-state index contributed by atoms with van der Waals surface area (Å²) in [5, 5.41) is 12.2. The highest BCUT2D eigenvalue weighted by molar-refractivity contribution is 5.98. The van der Waals surface area contributed by atoms with Gasteiger partial charge in [0, 0.05) is 62.2 Å². The molecule has 3 aromatic rings. The first-order valence-electron chi connectivity index (χ1n) is 15.6. The maximum atomic E-state index is 14.9. The molecule has 0 saturated carbocycles. The Morgan fingerprint density at radius 3 is 2.89 bits per heavy atom. The number of methoxy groups -OCH3 is 1. The van der Waals surface area contributed by atoms with Gasteiger partial charge >= 0.3 is 12.0 Å². The summed E-state index contributed by atoms with van der Waals surface area (Å²) in [6.45, 7) is 5.18. The molecule has 6 rings (SSSR count). The summed E-state index contributed by atoms with van der Waals surface area (Å²) >= 11 is 0. The number of rotatable bonds is 10. The van der Waals surface area contributed by atoms with E-state index in [1.165, 1.54) is 13.2 Å². The Morgan fingerprint density at radius 2 is 2.09 bits per heavy atom. The van der Waals surface area contributed by atoms with Gasteiger partial charge in [-0.25, -0.2) is 8.78 Å². The Bertz CT molecular complexity index is 1550. The van der Waals surface area contributed by atoms with Crippen molar-refractivity contribution < 1.29 is 28.2 Å². The molecule has 0 amide bonds. The van der Waals surface area contributed by atoms with Gasteiger partial charge < -0.3 is 24.4 Å². The van der Waals surface area contributed by atoms with Crippen LogP contribution in [0.5, 0.6) is 11.8 Å². The van der Waals surface area contributed by atoms with Crippen LogP contribution in [0.2, 0.25) is 0 Å². The smallest absolute Gasteiger partial charge is 0.318 e. The first kappa shape index (κ1) is 30.3. The van der Waals surface area contributed by atoms with Gasteiger partial charge in [0.15, 0.2) is 0 Å². The van der Waals surface area contributed by atoms with Crippen LogP contribution in [0.4, 0.5) is 20.3 Å². The van der Waals surface area contributed by atoms with E-state index in [9.17, 15) is 18.7 Å². The zero-order valence-corrected chi connectivity index (χ0v) is 25.7. The predicted molar refractivity (Wildman–Crippen MR) is 165 cm³/mol. The number of carbonyl (C=O) groups excluding carboxylic acids is 1. The normalized spacial score (nSPS) is 21.4. The van der Waals surface area contributed by atoms with Gasteiger partial charge in [0.25, 0.3) is 0 Å². The number of ether oxygens (including phenoxy) is 2. The van der Waals surface area contributed by atoms with Crippen LogP contribution in [-0.4, -0.2) is 84.6 Å². The molecule has 3 aliphatic heterocycles. The summed E-state index contributed by atoms with van der Waals surface area (Å²) in [5.41, 5.74) is 2.82. The lowest BCUT2D eigenvalue weighted by Crippen LogP contribution is -2.43. The fourth-order valence-electron chi connectivity index (χ4n) is 7.36. The average Bonchev–Trinajstić information content (AvgIpc) is 3.54. The van der Waals surface area contributed by atoms with E-state index in [2.05, 4.69) is 9.80 Å². The number of carbonyl (C=O) groups is 1. The second-order valence-electron chi connectivity index (χ2n) is 12.3. The Morgan fingerprint density at radius 1 is 1.25 bits per heavy atom. The standard InChI is InChI=1S/C33H41F2N5O4/c1-4-24-26(35)9-8-21-15-23(41)16-28(30(21)24)39-14-10-25-27(19-39)36-32(37-31(25)38(2)12-5-7-29(42)43-3)44-20-33-11-6-13-40(33)18-22(34)17-33/h8-9,15-16,22,41H,4-7,10-14,17-20H2,1-3H3/t22-,33+/m1/s1. The molecule has 9 nitrogen and oxygen atoms in total. The number of aromatic hydroxyl groups is 1. The lowest BCUT2D eigenvalue weighted by Gasteiger charge is -2.34. The van der Waals surface area contributed by atoms with E-state index < -0.39 is 6.17 Å². The maximum Gasteiger partial charge on any atom is 0.318 e. The maximum absolute atomic E-state index is 14.9. The van der Waals surface area contributed by atoms with Crippen LogP contribution >= 0.6 is 0 Å². The number of nitrogens with zero attached hydrogens (tertiary/aromatic N) is 5. The summed E-state index contributed by atoms with van der Waals surface area (Å²) in [6.07, 6.45) is 3.54. The number of aromatic nitrogens is 2. The molecule has 2 saturated heterocycles. The number of aryl methyl sites for hydroxylation is 1. The molecule has 1 aromatic heterocycles. The number of halogens is 2. The summed E-state index contributed by atoms with van der Waals surface area (Å²) in [6, 6.07) is 6.77. The fourth-order valence-corrected chi connectivity index (χ4v) is 7.36. The number of hydrogen-bond donors (Lipinski definition) is 1. The van der Waals surface area contributed by atoms with Crippen LogP contribution in [0.1, 0.15) is 55.8 Å². The minimum absolute atomic E-state index is 0.118. The van der Waals surface area contributed by atoms with Gasteiger partial charge in [-0.15, -0.1) is 0 Å². The van der Waals surface area contributed by atoms with E-state index in [0.717, 1.165) is 52.9 Å². The van der Waals surface area contributed by atoms with Crippen molar-refractivity contribution in [1.29, 1.82) is 0 Å². The summed E-state index contributed by atoms with van der Waals surface area (Å²) in [5.74, 6) is 0.340. The van der Waals surface area contributed by atoms with Crippen LogP contribution < -0.4 is 14.5 Å². The Hall–Kier alpha value is -3.73. The van der Waals surface area contributed by atoms with Gasteiger partial charge in [0.1, 0.15) is 30.2 Å². The van der Waals surface area contributed by atoms with Crippen molar-refractivity contribution >= 4 is 28.2 Å². The van der Waals surface area contributed by atoms with Gasteiger partial charge in [-0.05, 0) is 61.7 Å². The first-order valence-corrected chi connectivity index (χ1v) is 15.6. The molecule has 236 valence electrons. The molecule has 3 aliphatic rings. The molecule has 0 bridgehead atoms. The fraction of sp³-hybridized carbons (Fsp3) is 0.545. The molecule has 2 atom stereocenters. The Balaban J connectivity index is 1.33. The zero-order valence-electron chi connectivity index (χ0n) is 25.7. The van der Waals surface area contributed by atoms with Crippen molar-refractivity contribution in [3.05, 3.63) is 46.9 Å². The van der Waals surface area contributed by atoms with E-state index in [1.54, 1.807) is 18.2 Å². The lowest BCUT2D eigenvalue weighted by molar-refractivity contribution is -0.140. The summed E-state index contributed by atoms with van der Waals surface area (Å²) in [7, 11) is 3.33. The average molecular weight is 610 g/mol. The SMILES string of the molecule is CCc1c(F)ccc2cc(O)cc(N3CCc4c(nc(OC[C@@]56CCCN5C[C@H](F)C6)nc4N(C)CCCC(=O)OC)C3)c12. The summed E-state index contributed by atoms with van der Waals surface area (Å²) in [4.78, 5) is 27.8. The Kier molecular flexibility index (Phi) is 8.50. The zero-order chi connectivity index (χ0) is 31.0. The van der Waals surface area contributed by atoms with Crippen molar-refractivity contribution in [1.82, 2.24) is 14.9 Å². The minimum atomic E-state index is -0.858. The molecule has 11 heteroatoms. The molecule has 2 fully saturated rings. The predicted octanol–water partition coefficient (Wildman–Crippen LogP) is 4.94. The highest BCUT2D eigenvalue weighted by Gasteiger charge is 2.49. The third-order valence-corrected chi connectivity index (χ3v) is 9.54. The van der Waals surface area contributed by atoms with Crippen LogP contribution in [0.15, 0.2) is 24.3 Å². The molecule has 0 unspecified atom stereocenters. The Labute approximate surface area is 256 Å². The van der Waals surface area contributed by atoms with Crippen molar-refractivity contribution in [2.45, 2.75) is 70.1 Å². The van der Waals surface area contributed by atoms with Gasteiger partial charge in [0.2, 0.25) is 0 Å². The van der Waals surface area contributed by atoms with Gasteiger partial charge in [-0.3, -0.25) is 9.69 Å². The molecule has 44 heavy (non-hydrogen) atoms. The molecule has 2 aromatic carbocycles. The van der Waals surface area contributed by atoms with Gasteiger partial charge in [0.05, 0.1) is 24.9 Å². The van der Waals surface area contributed by atoms with Crippen molar-refractivity contribution in [3.8, 4) is 11.8 Å². The van der Waals surface area contributed by atoms with Crippen LogP contribution in [0.3, 0.4) is 0 Å². The van der Waals surface area contributed by atoms with Crippen molar-refractivity contribution in [3.63, 3.8) is 0 Å². The van der Waals surface area contributed by atoms with E-state index in [-0.39, 0.29) is 29.1 Å². The first-order chi connectivity index (χ1) is 21.2. The number of hydrogen-bond acceptors (Lipinski definition) is 9. The largest absolute Gasteiger partial charge is 0.508 e. The van der Waals surface area contributed by atoms with Crippen molar-refractivity contribution in [2.75, 3.05) is 56.7 Å². The second kappa shape index (κ2) is 12.3. The third kappa shape index (κ3) is 5.74. The number of phenols is 1. The number of phenolic OH excluding ortho intramolecular Hbond substituents is 1. The minimum Gasteiger partial charge on any atom is -0.508 e. The van der Waals surface area contributed by atoms with Gasteiger partial charge in [-0.1, -0.05) is 13.0 Å². The summed E-state index contributed by atoms with van der Waals surface area (Å²) < 4.78 is 40.5. The molecular weight excluding hydrogens is 568 g/mol. The lowest BCUT2D eigenvalue weighted by atomic mass is 9.95. The van der Waals surface area contributed by atoms with Crippen LogP contribution in [-0.2, 0) is 28.9 Å². The number of benzene rings is 2. The number of fused-ring (bicyclic) bond motifs is 3. The number of anilines is 2. The molecule has 1 N–H and O–H groups in total. The van der Waals surface area contributed by atoms with E-state index in [0.29, 0.717) is 70.5 Å². The molecule has 0 aliphatic carbocycles. The molecule has 0 spiro atoms. The van der Waals surface area contributed by atoms with Crippen LogP contribution in [0.25, 0.3) is 10.8 Å². The number of esters is 1. The number of alkyl halides is 1. The van der Waals surface area contributed by atoms with Crippen LogP contribution in [0, 0.1) is 5.82 Å². The van der Waals surface area contributed by atoms with E-state index in [1.807, 2.05) is 18.9 Å². The van der Waals surface area contributed by atoms with Gasteiger partial charge in [-0.2, -0.15) is 9.97 Å². The van der Waals surface area contributed by atoms with Crippen molar-refractivity contribution in [2.24, 2.45) is 0 Å². The highest BCUT2D eigenvalue weighted by Crippen LogP contribution is 2.41. The van der Waals surface area contributed by atoms with E-state index in [4.69, 9.17) is 19.4 Å². The van der Waals surface area contributed by atoms with E-state index >= 15 is 0 Å². The highest BCUT2D eigenvalue weighted by atomic mass is 19.1. The third-order valence-electron chi connectivity index (χ3n) is 9.54. The quantitative estimate of drug-likeness (QED) is 0.321. The second-order valence-corrected chi connectivity index (χ2v) is 12.3. The monoisotopic (exact) mass is 609 g/mol.